The molecular formula is C77H149NO8. The SMILES string of the molecule is CCCCCCC/C=C\C/C=C\CCCCCCCCCCCCCCCCCCCCCCCC(=O)NC(COC1OC(CO)C(O)C(O)C1O)C(O)CCCCCCCCCCCCCCCCCCCCCCCCCCCCCCCC. The number of nitrogens with one attached hydrogen (secondary N) is 1. The van der Waals surface area contributed by atoms with Crippen LogP contribution in [0.25, 0.3) is 0 Å². The predicted molar refractivity (Wildman–Crippen MR) is 369 cm³/mol. The summed E-state index contributed by atoms with van der Waals surface area (Å²) in [7, 11) is 0. The average Bonchev–Trinajstić information content (AvgIpc) is 2.60. The Hall–Kier alpha value is -1.33. The van der Waals surface area contributed by atoms with Crippen LogP contribution in [0.2, 0.25) is 0 Å². The first-order chi connectivity index (χ1) is 42.3. The minimum atomic E-state index is -1.55. The lowest BCUT2D eigenvalue weighted by Gasteiger charge is -2.40. The van der Waals surface area contributed by atoms with Crippen LogP contribution in [0.3, 0.4) is 0 Å². The van der Waals surface area contributed by atoms with E-state index in [9.17, 15) is 30.3 Å². The second-order valence-electron chi connectivity index (χ2n) is 27.2. The zero-order valence-corrected chi connectivity index (χ0v) is 57.4. The van der Waals surface area contributed by atoms with Gasteiger partial charge in [-0.25, -0.2) is 0 Å². The van der Waals surface area contributed by atoms with Gasteiger partial charge in [-0.15, -0.1) is 0 Å². The molecule has 1 rings (SSSR count). The van der Waals surface area contributed by atoms with E-state index in [1.54, 1.807) is 0 Å². The minimum absolute atomic E-state index is 0.132. The van der Waals surface area contributed by atoms with E-state index in [1.807, 2.05) is 0 Å². The van der Waals surface area contributed by atoms with Gasteiger partial charge in [0.15, 0.2) is 6.29 Å². The number of carbonyl (C=O) groups is 1. The molecule has 0 spiro atoms. The molecule has 0 radical (unpaired) electrons. The molecule has 9 nitrogen and oxygen atoms in total. The number of aliphatic hydroxyl groups is 5. The molecule has 510 valence electrons. The highest BCUT2D eigenvalue weighted by Gasteiger charge is 2.44. The molecule has 1 fully saturated rings. The predicted octanol–water partition coefficient (Wildman–Crippen LogP) is 21.6. The van der Waals surface area contributed by atoms with Crippen molar-refractivity contribution in [3.05, 3.63) is 24.3 Å². The number of hydrogen-bond acceptors (Lipinski definition) is 8. The summed E-state index contributed by atoms with van der Waals surface area (Å²) >= 11 is 0. The Balaban J connectivity index is 2.06. The third-order valence-corrected chi connectivity index (χ3v) is 18.8. The smallest absolute Gasteiger partial charge is 0.220 e. The second kappa shape index (κ2) is 66.6. The summed E-state index contributed by atoms with van der Waals surface area (Å²) in [5.74, 6) is -0.134. The van der Waals surface area contributed by atoms with E-state index in [0.29, 0.717) is 12.8 Å². The molecule has 7 unspecified atom stereocenters. The minimum Gasteiger partial charge on any atom is -0.394 e. The Morgan fingerprint density at radius 2 is 0.686 bits per heavy atom. The molecule has 0 bridgehead atoms. The topological polar surface area (TPSA) is 149 Å². The fourth-order valence-corrected chi connectivity index (χ4v) is 12.8. The summed E-state index contributed by atoms with van der Waals surface area (Å²) in [5, 5.41) is 55.1. The Bertz CT molecular complexity index is 1410. The van der Waals surface area contributed by atoms with Crippen LogP contribution in [0, 0.1) is 0 Å². The van der Waals surface area contributed by atoms with Crippen LogP contribution >= 0.6 is 0 Å². The van der Waals surface area contributed by atoms with Gasteiger partial charge in [-0.3, -0.25) is 4.79 Å². The number of amides is 1. The summed E-state index contributed by atoms with van der Waals surface area (Å²) in [4.78, 5) is 13.2. The fourth-order valence-electron chi connectivity index (χ4n) is 12.8. The number of hydrogen-bond donors (Lipinski definition) is 6. The quantitative estimate of drug-likeness (QED) is 0.0261. The molecule has 1 amide bonds. The van der Waals surface area contributed by atoms with Gasteiger partial charge in [0.1, 0.15) is 24.4 Å². The summed E-state index contributed by atoms with van der Waals surface area (Å²) in [6.45, 7) is 3.89. The summed E-state index contributed by atoms with van der Waals surface area (Å²) in [5.41, 5.74) is 0. The maximum atomic E-state index is 13.2. The Kier molecular flexibility index (Phi) is 64.0. The molecule has 0 aromatic carbocycles. The number of ether oxygens (including phenoxy) is 2. The molecule has 1 heterocycles. The normalized spacial score (nSPS) is 18.1. The van der Waals surface area contributed by atoms with Gasteiger partial charge in [0.2, 0.25) is 5.91 Å². The van der Waals surface area contributed by atoms with Gasteiger partial charge in [-0.2, -0.15) is 0 Å². The number of unbranched alkanes of at least 4 members (excludes halogenated alkanes) is 55. The van der Waals surface area contributed by atoms with Crippen LogP contribution < -0.4 is 5.32 Å². The lowest BCUT2D eigenvalue weighted by atomic mass is 9.99. The molecule has 0 aromatic rings. The van der Waals surface area contributed by atoms with Crippen molar-refractivity contribution in [2.24, 2.45) is 0 Å². The largest absolute Gasteiger partial charge is 0.394 e. The zero-order chi connectivity index (χ0) is 62.1. The fraction of sp³-hybridized carbons (Fsp3) is 0.935. The van der Waals surface area contributed by atoms with Crippen molar-refractivity contribution in [1.29, 1.82) is 0 Å². The Morgan fingerprint density at radius 1 is 0.395 bits per heavy atom. The highest BCUT2D eigenvalue weighted by atomic mass is 16.7. The summed E-state index contributed by atoms with van der Waals surface area (Å²) in [6.07, 6.45) is 81.3. The van der Waals surface area contributed by atoms with Crippen molar-refractivity contribution >= 4 is 5.91 Å². The molecule has 0 aromatic heterocycles. The monoisotopic (exact) mass is 1220 g/mol. The van der Waals surface area contributed by atoms with E-state index >= 15 is 0 Å². The van der Waals surface area contributed by atoms with Crippen molar-refractivity contribution in [2.45, 2.75) is 448 Å². The number of allylic oxidation sites excluding steroid dienone is 4. The third-order valence-electron chi connectivity index (χ3n) is 18.8. The number of carbonyl (C=O) groups excluding carboxylic acids is 1. The van der Waals surface area contributed by atoms with E-state index in [4.69, 9.17) is 9.47 Å². The van der Waals surface area contributed by atoms with Gasteiger partial charge in [0.05, 0.1) is 25.4 Å². The van der Waals surface area contributed by atoms with Gasteiger partial charge >= 0.3 is 0 Å². The van der Waals surface area contributed by atoms with Crippen molar-refractivity contribution in [1.82, 2.24) is 5.32 Å². The molecule has 6 N–H and O–H groups in total. The van der Waals surface area contributed by atoms with Crippen LogP contribution in [0.4, 0.5) is 0 Å². The first-order valence-electron chi connectivity index (χ1n) is 38.5. The van der Waals surface area contributed by atoms with Crippen molar-refractivity contribution in [2.75, 3.05) is 13.2 Å². The number of rotatable bonds is 69. The van der Waals surface area contributed by atoms with Crippen molar-refractivity contribution in [3.8, 4) is 0 Å². The van der Waals surface area contributed by atoms with Crippen LogP contribution in [0.1, 0.15) is 406 Å². The van der Waals surface area contributed by atoms with Gasteiger partial charge < -0.3 is 40.3 Å². The average molecular weight is 1220 g/mol. The molecule has 1 aliphatic heterocycles. The van der Waals surface area contributed by atoms with Gasteiger partial charge in [0.25, 0.3) is 0 Å². The van der Waals surface area contributed by atoms with E-state index in [2.05, 4.69) is 43.5 Å². The molecule has 9 heteroatoms. The maximum Gasteiger partial charge on any atom is 0.220 e. The Labute approximate surface area is 534 Å². The molecule has 1 aliphatic rings. The van der Waals surface area contributed by atoms with Crippen LogP contribution in [-0.4, -0.2) is 87.5 Å². The van der Waals surface area contributed by atoms with Crippen LogP contribution in [0.15, 0.2) is 24.3 Å². The second-order valence-corrected chi connectivity index (χ2v) is 27.2. The van der Waals surface area contributed by atoms with Crippen molar-refractivity contribution in [3.63, 3.8) is 0 Å². The van der Waals surface area contributed by atoms with E-state index < -0.39 is 49.5 Å². The Morgan fingerprint density at radius 3 is 1.00 bits per heavy atom. The van der Waals surface area contributed by atoms with Crippen molar-refractivity contribution < 1.29 is 39.8 Å². The first kappa shape index (κ1) is 82.7. The molecule has 0 aliphatic carbocycles. The summed E-state index contributed by atoms with van der Waals surface area (Å²) in [6, 6.07) is -0.718. The van der Waals surface area contributed by atoms with Crippen LogP contribution in [0.5, 0.6) is 0 Å². The lowest BCUT2D eigenvalue weighted by Crippen LogP contribution is -2.60. The maximum absolute atomic E-state index is 13.2. The van der Waals surface area contributed by atoms with Gasteiger partial charge in [-0.05, 0) is 44.9 Å². The van der Waals surface area contributed by atoms with E-state index in [0.717, 1.165) is 44.9 Å². The molecule has 7 atom stereocenters. The van der Waals surface area contributed by atoms with Crippen LogP contribution in [-0.2, 0) is 14.3 Å². The van der Waals surface area contributed by atoms with E-state index in [-0.39, 0.29) is 12.5 Å². The molecule has 0 saturated carbocycles. The highest BCUT2D eigenvalue weighted by Crippen LogP contribution is 2.24. The molecular weight excluding hydrogens is 1070 g/mol. The first-order valence-corrected chi connectivity index (χ1v) is 38.5. The zero-order valence-electron chi connectivity index (χ0n) is 57.4. The molecule has 1 saturated heterocycles. The van der Waals surface area contributed by atoms with Gasteiger partial charge in [-0.1, -0.05) is 378 Å². The van der Waals surface area contributed by atoms with Gasteiger partial charge in [0, 0.05) is 6.42 Å². The number of aliphatic hydroxyl groups excluding tert-OH is 5. The molecule has 86 heavy (non-hydrogen) atoms. The lowest BCUT2D eigenvalue weighted by molar-refractivity contribution is -0.302. The highest BCUT2D eigenvalue weighted by molar-refractivity contribution is 5.76. The van der Waals surface area contributed by atoms with E-state index in [1.165, 1.54) is 334 Å². The summed E-state index contributed by atoms with van der Waals surface area (Å²) < 4.78 is 11.4. The third kappa shape index (κ3) is 54.4. The standard InChI is InChI=1S/C77H149NO8/c1-3-5-7-9-11-13-15-17-19-21-23-25-27-29-31-33-35-36-37-39-41-43-45-47-49-51-53-55-57-59-61-63-65-67-73(81)78-70(69-85-77-76(84)75(83)74(82)72(68-79)86-77)71(80)66-64-62-60-58-56-54-52-50-48-46-44-42-40-38-34-32-30-28-26-24-22-20-18-16-14-12-10-8-6-4-2/h15,17,21,23,70-72,74-77,79-80,82-84H,3-14,16,18-20,22,24-69H2,1-2H3,(H,78,81)/b17-15-,23-21-.